The van der Waals surface area contributed by atoms with E-state index in [1.54, 1.807) is 18.2 Å². The van der Waals surface area contributed by atoms with Gasteiger partial charge in [-0.2, -0.15) is 13.2 Å². The van der Waals surface area contributed by atoms with Gasteiger partial charge in [0.2, 0.25) is 5.82 Å². The Kier molecular flexibility index (Phi) is 4.11. The van der Waals surface area contributed by atoms with Gasteiger partial charge in [-0.1, -0.05) is 18.2 Å². The van der Waals surface area contributed by atoms with Crippen LogP contribution in [0.1, 0.15) is 21.9 Å². The number of carbonyl (C=O) groups excluding carboxylic acids is 1. The van der Waals surface area contributed by atoms with E-state index in [0.29, 0.717) is 0 Å². The van der Waals surface area contributed by atoms with E-state index in [2.05, 4.69) is 10.3 Å². The van der Waals surface area contributed by atoms with Crippen molar-refractivity contribution in [2.75, 3.05) is 11.9 Å². The maximum absolute atomic E-state index is 13.2. The van der Waals surface area contributed by atoms with Gasteiger partial charge < -0.3 is 19.9 Å². The number of alkyl halides is 3. The molecule has 2 aromatic rings. The second-order valence-electron chi connectivity index (χ2n) is 5.40. The van der Waals surface area contributed by atoms with E-state index in [0.717, 1.165) is 9.47 Å². The average Bonchev–Trinajstić information content (AvgIpc) is 2.93. The molecular weight excluding hydrogens is 341 g/mol. The van der Waals surface area contributed by atoms with Crippen LogP contribution in [-0.4, -0.2) is 38.1 Å². The van der Waals surface area contributed by atoms with E-state index < -0.39 is 24.0 Å². The van der Waals surface area contributed by atoms with Crippen LogP contribution in [0.5, 0.6) is 0 Å². The Hall–Kier alpha value is -3.04. The summed E-state index contributed by atoms with van der Waals surface area (Å²) in [7, 11) is 0. The molecule has 1 aromatic carbocycles. The molecule has 0 saturated heterocycles. The fourth-order valence-electron chi connectivity index (χ4n) is 2.62. The van der Waals surface area contributed by atoms with Crippen LogP contribution in [-0.2, 0) is 19.3 Å². The van der Waals surface area contributed by atoms with Gasteiger partial charge in [0.25, 0.3) is 5.91 Å². The third-order valence-corrected chi connectivity index (χ3v) is 3.80. The van der Waals surface area contributed by atoms with E-state index in [1.807, 2.05) is 0 Å². The monoisotopic (exact) mass is 354 g/mol. The van der Waals surface area contributed by atoms with E-state index in [-0.39, 0.29) is 36.7 Å². The van der Waals surface area contributed by atoms with Gasteiger partial charge in [-0.3, -0.25) is 4.79 Å². The number of aromatic nitrogens is 2. The molecule has 0 spiro atoms. The standard InChI is InChI=1S/C15H13F3N4O3/c16-15(17,18)13-20-11(19-12(23)9-4-2-1-3-5-9)10-8-21(14(24)25)6-7-22(10)13/h1-5H,6-8H2,(H,19,23)(H,24,25). The van der Waals surface area contributed by atoms with Crippen LogP contribution in [0.3, 0.4) is 0 Å². The zero-order valence-corrected chi connectivity index (χ0v) is 12.7. The normalized spacial score (nSPS) is 14.1. The number of hydrogen-bond acceptors (Lipinski definition) is 3. The van der Waals surface area contributed by atoms with E-state index in [1.165, 1.54) is 12.1 Å². The molecule has 10 heteroatoms. The number of nitrogens with one attached hydrogen (secondary N) is 1. The summed E-state index contributed by atoms with van der Waals surface area (Å²) in [6.45, 7) is -0.568. The second kappa shape index (κ2) is 6.11. The summed E-state index contributed by atoms with van der Waals surface area (Å²) in [4.78, 5) is 27.8. The lowest BCUT2D eigenvalue weighted by Gasteiger charge is -2.27. The molecule has 2 N–H and O–H groups in total. The molecule has 1 aromatic heterocycles. The van der Waals surface area contributed by atoms with Gasteiger partial charge in [-0.15, -0.1) is 0 Å². The number of hydrogen-bond donors (Lipinski definition) is 2. The predicted molar refractivity (Wildman–Crippen MR) is 80.1 cm³/mol. The maximum Gasteiger partial charge on any atom is 0.449 e. The highest BCUT2D eigenvalue weighted by atomic mass is 19.4. The van der Waals surface area contributed by atoms with Gasteiger partial charge in [-0.25, -0.2) is 9.78 Å². The zero-order chi connectivity index (χ0) is 18.2. The highest BCUT2D eigenvalue weighted by Crippen LogP contribution is 2.34. The van der Waals surface area contributed by atoms with E-state index >= 15 is 0 Å². The molecule has 7 nitrogen and oxygen atoms in total. The molecule has 0 radical (unpaired) electrons. The van der Waals surface area contributed by atoms with Crippen molar-refractivity contribution in [1.82, 2.24) is 14.5 Å². The van der Waals surface area contributed by atoms with Gasteiger partial charge in [0.1, 0.15) is 0 Å². The summed E-state index contributed by atoms with van der Waals surface area (Å²) in [6.07, 6.45) is -5.96. The Labute approximate surface area is 139 Å². The Bertz CT molecular complexity index is 817. The third-order valence-electron chi connectivity index (χ3n) is 3.80. The van der Waals surface area contributed by atoms with Gasteiger partial charge in [0.15, 0.2) is 5.82 Å². The van der Waals surface area contributed by atoms with Gasteiger partial charge >= 0.3 is 12.3 Å². The van der Waals surface area contributed by atoms with Crippen LogP contribution in [0.4, 0.5) is 23.8 Å². The molecule has 0 atom stereocenters. The molecule has 2 heterocycles. The van der Waals surface area contributed by atoms with Crippen LogP contribution in [0.2, 0.25) is 0 Å². The lowest BCUT2D eigenvalue weighted by molar-refractivity contribution is -0.147. The van der Waals surface area contributed by atoms with Crippen molar-refractivity contribution in [2.24, 2.45) is 0 Å². The van der Waals surface area contributed by atoms with Crippen molar-refractivity contribution in [3.05, 3.63) is 47.4 Å². The van der Waals surface area contributed by atoms with E-state index in [4.69, 9.17) is 5.11 Å². The average molecular weight is 354 g/mol. The number of carbonyl (C=O) groups is 2. The van der Waals surface area contributed by atoms with Gasteiger partial charge in [0, 0.05) is 18.7 Å². The van der Waals surface area contributed by atoms with Gasteiger partial charge in [0.05, 0.1) is 12.2 Å². The molecule has 132 valence electrons. The van der Waals surface area contributed by atoms with Crippen LogP contribution >= 0.6 is 0 Å². The Morgan fingerprint density at radius 2 is 1.84 bits per heavy atom. The Balaban J connectivity index is 1.97. The van der Waals surface area contributed by atoms with Crippen molar-refractivity contribution < 1.29 is 27.9 Å². The topological polar surface area (TPSA) is 87.5 Å². The number of halogens is 3. The molecule has 1 aliphatic rings. The summed E-state index contributed by atoms with van der Waals surface area (Å²) in [5, 5.41) is 11.4. The van der Waals surface area contributed by atoms with Crippen LogP contribution in [0.25, 0.3) is 0 Å². The SMILES string of the molecule is O=C(Nc1nc(C(F)(F)F)n2c1CN(C(=O)O)CC2)c1ccccc1. The minimum atomic E-state index is -4.71. The van der Waals surface area contributed by atoms with Crippen LogP contribution < -0.4 is 5.32 Å². The predicted octanol–water partition coefficient (Wildman–Crippen LogP) is 2.65. The second-order valence-corrected chi connectivity index (χ2v) is 5.40. The van der Waals surface area contributed by atoms with Crippen molar-refractivity contribution >= 4 is 17.8 Å². The lowest BCUT2D eigenvalue weighted by Crippen LogP contribution is -2.38. The fraction of sp³-hybridized carbons (Fsp3) is 0.267. The fourth-order valence-corrected chi connectivity index (χ4v) is 2.62. The zero-order valence-electron chi connectivity index (χ0n) is 12.7. The number of anilines is 1. The number of nitrogens with zero attached hydrogens (tertiary/aromatic N) is 3. The molecule has 3 rings (SSSR count). The number of amides is 2. The number of carboxylic acid groups (broad SMARTS) is 1. The molecular formula is C15H13F3N4O3. The first kappa shape index (κ1) is 16.8. The van der Waals surface area contributed by atoms with Gasteiger partial charge in [-0.05, 0) is 12.1 Å². The Morgan fingerprint density at radius 1 is 1.16 bits per heavy atom. The maximum atomic E-state index is 13.2. The molecule has 25 heavy (non-hydrogen) atoms. The lowest BCUT2D eigenvalue weighted by atomic mass is 10.2. The Morgan fingerprint density at radius 3 is 2.44 bits per heavy atom. The van der Waals surface area contributed by atoms with Crippen molar-refractivity contribution in [3.8, 4) is 0 Å². The first-order valence-electron chi connectivity index (χ1n) is 7.28. The van der Waals surface area contributed by atoms with Crippen LogP contribution in [0, 0.1) is 0 Å². The van der Waals surface area contributed by atoms with Crippen molar-refractivity contribution in [1.29, 1.82) is 0 Å². The summed E-state index contributed by atoms with van der Waals surface area (Å²) in [5.41, 5.74) is 0.258. The van der Waals surface area contributed by atoms with E-state index in [9.17, 15) is 22.8 Å². The first-order chi connectivity index (χ1) is 11.8. The summed E-state index contributed by atoms with van der Waals surface area (Å²) >= 11 is 0. The molecule has 1 aliphatic heterocycles. The first-order valence-corrected chi connectivity index (χ1v) is 7.28. The largest absolute Gasteiger partial charge is 0.465 e. The van der Waals surface area contributed by atoms with Crippen LogP contribution in [0.15, 0.2) is 30.3 Å². The summed E-state index contributed by atoms with van der Waals surface area (Å²) in [5.74, 6) is -2.06. The molecule has 0 aliphatic carbocycles. The third kappa shape index (κ3) is 3.28. The van der Waals surface area contributed by atoms with Crippen molar-refractivity contribution in [2.45, 2.75) is 19.3 Å². The molecule has 0 bridgehead atoms. The molecule has 2 amide bonds. The minimum Gasteiger partial charge on any atom is -0.465 e. The quantitative estimate of drug-likeness (QED) is 0.868. The molecule has 0 saturated carbocycles. The molecule has 0 fully saturated rings. The highest BCUT2D eigenvalue weighted by Gasteiger charge is 2.41. The van der Waals surface area contributed by atoms with Crippen molar-refractivity contribution in [3.63, 3.8) is 0 Å². The highest BCUT2D eigenvalue weighted by molar-refractivity contribution is 6.04. The number of rotatable bonds is 2. The smallest absolute Gasteiger partial charge is 0.449 e. The minimum absolute atomic E-state index is 0.00487. The molecule has 0 unspecified atom stereocenters. The number of benzene rings is 1. The summed E-state index contributed by atoms with van der Waals surface area (Å²) < 4.78 is 40.4. The summed E-state index contributed by atoms with van der Waals surface area (Å²) in [6, 6.07) is 7.94. The number of fused-ring (bicyclic) bond motifs is 1. The number of imidazole rings is 1.